The normalized spacial score (nSPS) is 21.6. The van der Waals surface area contributed by atoms with Gasteiger partial charge in [0.1, 0.15) is 24.8 Å². The summed E-state index contributed by atoms with van der Waals surface area (Å²) in [7, 11) is 0. The second kappa shape index (κ2) is 13.2. The van der Waals surface area contributed by atoms with Crippen LogP contribution in [0, 0.1) is 0 Å². The van der Waals surface area contributed by atoms with Crippen LogP contribution in [-0.4, -0.2) is 78.9 Å². The van der Waals surface area contributed by atoms with E-state index in [1.165, 1.54) is 0 Å². The lowest BCUT2D eigenvalue weighted by Crippen LogP contribution is -2.42. The standard InChI is InChI=1S/C18H32N4O8/c19-7-3-1-5-10(21)16(25)28-9-12(23)14-13(24)15(18(27)29-14)30-17(26)11(22)6-2-4-8-20/h10-12,14-15,23H,1-9,19-22H2/t10-,11-,12-,14+,15?/m0/s1. The molecule has 5 atom stereocenters. The average molecular weight is 432 g/mol. The van der Waals surface area contributed by atoms with Crippen molar-refractivity contribution < 1.29 is 38.5 Å². The summed E-state index contributed by atoms with van der Waals surface area (Å²) in [5.74, 6) is -3.80. The summed E-state index contributed by atoms with van der Waals surface area (Å²) < 4.78 is 14.5. The minimum absolute atomic E-state index is 0.277. The Kier molecular flexibility index (Phi) is 11.4. The van der Waals surface area contributed by atoms with Crippen LogP contribution in [-0.2, 0) is 33.4 Å². The van der Waals surface area contributed by atoms with Crippen molar-refractivity contribution in [1.82, 2.24) is 0 Å². The molecule has 1 heterocycles. The van der Waals surface area contributed by atoms with Gasteiger partial charge in [-0.15, -0.1) is 0 Å². The molecule has 30 heavy (non-hydrogen) atoms. The third-order valence-corrected chi connectivity index (χ3v) is 4.52. The highest BCUT2D eigenvalue weighted by atomic mass is 16.6. The zero-order valence-electron chi connectivity index (χ0n) is 16.9. The molecule has 0 aliphatic carbocycles. The van der Waals surface area contributed by atoms with Gasteiger partial charge in [0.25, 0.3) is 6.10 Å². The van der Waals surface area contributed by atoms with Crippen LogP contribution in [0.3, 0.4) is 0 Å². The van der Waals surface area contributed by atoms with Gasteiger partial charge in [-0.3, -0.25) is 14.4 Å². The van der Waals surface area contributed by atoms with Gasteiger partial charge in [0.2, 0.25) is 5.78 Å². The molecular weight excluding hydrogens is 400 g/mol. The van der Waals surface area contributed by atoms with E-state index in [9.17, 15) is 24.3 Å². The number of hydrogen-bond donors (Lipinski definition) is 5. The van der Waals surface area contributed by atoms with Crippen LogP contribution in [0.25, 0.3) is 0 Å². The van der Waals surface area contributed by atoms with E-state index in [-0.39, 0.29) is 6.42 Å². The maximum absolute atomic E-state index is 12.3. The lowest BCUT2D eigenvalue weighted by atomic mass is 10.1. The van der Waals surface area contributed by atoms with Gasteiger partial charge >= 0.3 is 17.9 Å². The number of ether oxygens (including phenoxy) is 3. The molecular formula is C18H32N4O8. The summed E-state index contributed by atoms with van der Waals surface area (Å²) in [6.07, 6.45) is -1.89. The van der Waals surface area contributed by atoms with E-state index in [0.29, 0.717) is 45.2 Å². The van der Waals surface area contributed by atoms with E-state index in [1.54, 1.807) is 0 Å². The van der Waals surface area contributed by atoms with E-state index in [0.717, 1.165) is 0 Å². The zero-order chi connectivity index (χ0) is 22.7. The fourth-order valence-electron chi connectivity index (χ4n) is 2.70. The molecule has 0 aromatic carbocycles. The Morgan fingerprint density at radius 2 is 1.50 bits per heavy atom. The maximum atomic E-state index is 12.3. The second-order valence-corrected chi connectivity index (χ2v) is 7.06. The van der Waals surface area contributed by atoms with Crippen molar-refractivity contribution in [2.45, 2.75) is 68.9 Å². The van der Waals surface area contributed by atoms with Crippen LogP contribution in [0.1, 0.15) is 38.5 Å². The molecule has 0 radical (unpaired) electrons. The number of unbranched alkanes of at least 4 members (excludes halogenated alkanes) is 2. The first-order chi connectivity index (χ1) is 14.2. The molecule has 12 nitrogen and oxygen atoms in total. The molecule has 1 unspecified atom stereocenters. The summed E-state index contributed by atoms with van der Waals surface area (Å²) in [5.41, 5.74) is 22.1. The van der Waals surface area contributed by atoms with Crippen LogP contribution in [0.5, 0.6) is 0 Å². The van der Waals surface area contributed by atoms with Gasteiger partial charge in [-0.2, -0.15) is 0 Å². The smallest absolute Gasteiger partial charge is 0.356 e. The monoisotopic (exact) mass is 432 g/mol. The number of hydrogen-bond acceptors (Lipinski definition) is 12. The number of Topliss-reactive ketones (excluding diaryl/α,β-unsaturated/α-hetero) is 1. The zero-order valence-corrected chi connectivity index (χ0v) is 16.9. The van der Waals surface area contributed by atoms with Crippen LogP contribution >= 0.6 is 0 Å². The number of esters is 3. The molecule has 172 valence electrons. The van der Waals surface area contributed by atoms with Gasteiger partial charge in [0.05, 0.1) is 0 Å². The molecule has 0 spiro atoms. The lowest BCUT2D eigenvalue weighted by molar-refractivity contribution is -0.164. The number of rotatable bonds is 14. The maximum Gasteiger partial charge on any atom is 0.356 e. The first-order valence-electron chi connectivity index (χ1n) is 9.93. The van der Waals surface area contributed by atoms with Gasteiger partial charge in [-0.05, 0) is 38.8 Å². The lowest BCUT2D eigenvalue weighted by Gasteiger charge is -2.17. The molecule has 0 bridgehead atoms. The second-order valence-electron chi connectivity index (χ2n) is 7.06. The third kappa shape index (κ3) is 7.95. The molecule has 0 aromatic rings. The summed E-state index contributed by atoms with van der Waals surface area (Å²) in [5, 5.41) is 10.1. The molecule has 1 aliphatic heterocycles. The molecule has 1 saturated heterocycles. The van der Waals surface area contributed by atoms with E-state index in [4.69, 9.17) is 37.1 Å². The number of ketones is 1. The number of cyclic esters (lactones) is 1. The van der Waals surface area contributed by atoms with Crippen molar-refractivity contribution in [3.8, 4) is 0 Å². The quantitative estimate of drug-likeness (QED) is 0.0813. The summed E-state index contributed by atoms with van der Waals surface area (Å²) in [4.78, 5) is 48.0. The van der Waals surface area contributed by atoms with Crippen molar-refractivity contribution in [3.05, 3.63) is 0 Å². The third-order valence-electron chi connectivity index (χ3n) is 4.52. The van der Waals surface area contributed by atoms with Crippen molar-refractivity contribution in [3.63, 3.8) is 0 Å². The predicted molar refractivity (Wildman–Crippen MR) is 103 cm³/mol. The highest BCUT2D eigenvalue weighted by molar-refractivity contribution is 6.10. The van der Waals surface area contributed by atoms with Gasteiger partial charge < -0.3 is 42.3 Å². The van der Waals surface area contributed by atoms with E-state index in [2.05, 4.69) is 0 Å². The number of carbonyl (C=O) groups is 4. The first-order valence-corrected chi connectivity index (χ1v) is 9.93. The van der Waals surface area contributed by atoms with Gasteiger partial charge in [-0.25, -0.2) is 4.79 Å². The van der Waals surface area contributed by atoms with Crippen LogP contribution in [0.15, 0.2) is 0 Å². The highest BCUT2D eigenvalue weighted by Gasteiger charge is 2.50. The number of carbonyl (C=O) groups excluding carboxylic acids is 4. The summed E-state index contributed by atoms with van der Waals surface area (Å²) >= 11 is 0. The van der Waals surface area contributed by atoms with Crippen LogP contribution in [0.2, 0.25) is 0 Å². The minimum atomic E-state index is -1.83. The number of aliphatic hydroxyl groups is 1. The van der Waals surface area contributed by atoms with Crippen molar-refractivity contribution in [1.29, 1.82) is 0 Å². The molecule has 1 fully saturated rings. The SMILES string of the molecule is NCCCC[C@H](N)C(=O)OC[C@H](O)[C@H]1OC(=O)C(OC(=O)[C@@H](N)CCCCN)C1=O. The molecule has 0 aromatic heterocycles. The first kappa shape index (κ1) is 25.9. The Hall–Kier alpha value is -2.12. The minimum Gasteiger partial charge on any atom is -0.462 e. The molecule has 1 aliphatic rings. The Morgan fingerprint density at radius 1 is 0.967 bits per heavy atom. The van der Waals surface area contributed by atoms with E-state index < -0.39 is 60.7 Å². The van der Waals surface area contributed by atoms with E-state index >= 15 is 0 Å². The molecule has 0 saturated carbocycles. The van der Waals surface area contributed by atoms with Crippen LogP contribution < -0.4 is 22.9 Å². The van der Waals surface area contributed by atoms with Crippen molar-refractivity contribution in [2.24, 2.45) is 22.9 Å². The van der Waals surface area contributed by atoms with Crippen molar-refractivity contribution >= 4 is 23.7 Å². The average Bonchev–Trinajstić information content (AvgIpc) is 3.00. The Balaban J connectivity index is 2.50. The topological polar surface area (TPSA) is 220 Å². The summed E-state index contributed by atoms with van der Waals surface area (Å²) in [6.45, 7) is 0.296. The van der Waals surface area contributed by atoms with Gasteiger partial charge in [0, 0.05) is 0 Å². The fraction of sp³-hybridized carbons (Fsp3) is 0.778. The summed E-state index contributed by atoms with van der Waals surface area (Å²) in [6, 6.07) is -1.93. The number of aliphatic hydroxyl groups excluding tert-OH is 1. The van der Waals surface area contributed by atoms with Crippen molar-refractivity contribution in [2.75, 3.05) is 19.7 Å². The van der Waals surface area contributed by atoms with Crippen LogP contribution in [0.4, 0.5) is 0 Å². The van der Waals surface area contributed by atoms with Gasteiger partial charge in [0.15, 0.2) is 6.10 Å². The molecule has 9 N–H and O–H groups in total. The molecule has 0 amide bonds. The molecule has 1 rings (SSSR count). The molecule has 12 heteroatoms. The number of nitrogens with two attached hydrogens (primary N) is 4. The fourth-order valence-corrected chi connectivity index (χ4v) is 2.70. The highest BCUT2D eigenvalue weighted by Crippen LogP contribution is 2.19. The van der Waals surface area contributed by atoms with E-state index in [1.807, 2.05) is 0 Å². The Bertz CT molecular complexity index is 603. The largest absolute Gasteiger partial charge is 0.462 e. The Labute approximate surface area is 174 Å². The van der Waals surface area contributed by atoms with Gasteiger partial charge in [-0.1, -0.05) is 12.8 Å². The Morgan fingerprint density at radius 3 is 2.03 bits per heavy atom. The predicted octanol–water partition coefficient (Wildman–Crippen LogP) is -2.79.